The minimum atomic E-state index is -0.530. The Hall–Kier alpha value is -1.50. The number of aliphatic hydroxyl groups is 1. The molecule has 5 nitrogen and oxygen atoms in total. The number of carbonyl (C=O) groups excluding carboxylic acids is 1. The normalized spacial score (nSPS) is 17.8. The lowest BCUT2D eigenvalue weighted by Crippen LogP contribution is -2.39. The molecule has 0 spiro atoms. The SMILES string of the molecule is CC(C)OCC(O)CN1CCCN(C(=O)c2cccc(F)c2)CC1. The highest BCUT2D eigenvalue weighted by molar-refractivity contribution is 5.94. The van der Waals surface area contributed by atoms with Crippen LogP contribution in [0.1, 0.15) is 30.6 Å². The predicted molar refractivity (Wildman–Crippen MR) is 90.5 cm³/mol. The Balaban J connectivity index is 1.85. The van der Waals surface area contributed by atoms with Gasteiger partial charge in [0.15, 0.2) is 0 Å². The number of carbonyl (C=O) groups is 1. The first-order chi connectivity index (χ1) is 11.5. The maximum absolute atomic E-state index is 13.3. The number of ether oxygens (including phenoxy) is 1. The number of aliphatic hydroxyl groups excluding tert-OH is 1. The van der Waals surface area contributed by atoms with Crippen molar-refractivity contribution in [2.75, 3.05) is 39.3 Å². The Labute approximate surface area is 143 Å². The van der Waals surface area contributed by atoms with Crippen molar-refractivity contribution >= 4 is 5.91 Å². The van der Waals surface area contributed by atoms with Gasteiger partial charge in [-0.25, -0.2) is 4.39 Å². The van der Waals surface area contributed by atoms with Gasteiger partial charge in [-0.05, 0) is 45.0 Å². The van der Waals surface area contributed by atoms with Crippen molar-refractivity contribution in [2.45, 2.75) is 32.5 Å². The van der Waals surface area contributed by atoms with Gasteiger partial charge in [-0.2, -0.15) is 0 Å². The number of nitrogens with zero attached hydrogens (tertiary/aromatic N) is 2. The molecular formula is C18H27FN2O3. The fourth-order valence-corrected chi connectivity index (χ4v) is 2.81. The lowest BCUT2D eigenvalue weighted by atomic mass is 10.2. The monoisotopic (exact) mass is 338 g/mol. The van der Waals surface area contributed by atoms with Crippen molar-refractivity contribution in [3.63, 3.8) is 0 Å². The van der Waals surface area contributed by atoms with Crippen LogP contribution in [0.3, 0.4) is 0 Å². The van der Waals surface area contributed by atoms with Gasteiger partial charge in [0, 0.05) is 31.7 Å². The first-order valence-corrected chi connectivity index (χ1v) is 8.52. The molecule has 1 saturated heterocycles. The third-order valence-corrected chi connectivity index (χ3v) is 4.04. The Morgan fingerprint density at radius 1 is 1.29 bits per heavy atom. The van der Waals surface area contributed by atoms with Crippen molar-refractivity contribution in [2.24, 2.45) is 0 Å². The van der Waals surface area contributed by atoms with Crippen LogP contribution in [0.4, 0.5) is 4.39 Å². The van der Waals surface area contributed by atoms with Gasteiger partial charge in [0.05, 0.1) is 18.8 Å². The molecule has 0 bridgehead atoms. The van der Waals surface area contributed by atoms with Crippen LogP contribution in [0.5, 0.6) is 0 Å². The lowest BCUT2D eigenvalue weighted by molar-refractivity contribution is -0.00794. The molecule has 6 heteroatoms. The summed E-state index contributed by atoms with van der Waals surface area (Å²) in [4.78, 5) is 16.4. The van der Waals surface area contributed by atoms with Crippen LogP contribution in [0.25, 0.3) is 0 Å². The molecule has 0 aliphatic carbocycles. The average Bonchev–Trinajstić information content (AvgIpc) is 2.78. The number of benzene rings is 1. The van der Waals surface area contributed by atoms with Crippen molar-refractivity contribution in [3.05, 3.63) is 35.6 Å². The smallest absolute Gasteiger partial charge is 0.254 e. The summed E-state index contributed by atoms with van der Waals surface area (Å²) >= 11 is 0. The minimum absolute atomic E-state index is 0.100. The summed E-state index contributed by atoms with van der Waals surface area (Å²) in [6, 6.07) is 5.80. The van der Waals surface area contributed by atoms with Crippen LogP contribution >= 0.6 is 0 Å². The van der Waals surface area contributed by atoms with Gasteiger partial charge in [0.25, 0.3) is 5.91 Å². The highest BCUT2D eigenvalue weighted by Crippen LogP contribution is 2.11. The van der Waals surface area contributed by atoms with Crippen molar-refractivity contribution < 1.29 is 19.0 Å². The van der Waals surface area contributed by atoms with E-state index in [0.717, 1.165) is 13.0 Å². The standard InChI is InChI=1S/C18H27FN2O3/c1-14(2)24-13-17(22)12-20-7-4-8-21(10-9-20)18(23)15-5-3-6-16(19)11-15/h3,5-6,11,14,17,22H,4,7-10,12-13H2,1-2H3. The largest absolute Gasteiger partial charge is 0.389 e. The molecule has 0 radical (unpaired) electrons. The molecular weight excluding hydrogens is 311 g/mol. The minimum Gasteiger partial charge on any atom is -0.389 e. The summed E-state index contributed by atoms with van der Waals surface area (Å²) in [5.74, 6) is -0.536. The van der Waals surface area contributed by atoms with Crippen LogP contribution in [0.2, 0.25) is 0 Å². The maximum atomic E-state index is 13.3. The van der Waals surface area contributed by atoms with Gasteiger partial charge in [0.1, 0.15) is 5.82 Å². The molecule has 1 aliphatic heterocycles. The Bertz CT molecular complexity index is 539. The number of hydrogen-bond acceptors (Lipinski definition) is 4. The van der Waals surface area contributed by atoms with Gasteiger partial charge >= 0.3 is 0 Å². The molecule has 1 unspecified atom stereocenters. The second kappa shape index (κ2) is 9.11. The van der Waals surface area contributed by atoms with Crippen molar-refractivity contribution in [1.29, 1.82) is 0 Å². The molecule has 1 aromatic carbocycles. The van der Waals surface area contributed by atoms with Crippen LogP contribution < -0.4 is 0 Å². The molecule has 1 atom stereocenters. The number of rotatable bonds is 6. The zero-order valence-corrected chi connectivity index (χ0v) is 14.4. The Morgan fingerprint density at radius 3 is 2.79 bits per heavy atom. The molecule has 2 rings (SSSR count). The average molecular weight is 338 g/mol. The van der Waals surface area contributed by atoms with E-state index in [9.17, 15) is 14.3 Å². The van der Waals surface area contributed by atoms with E-state index in [2.05, 4.69) is 4.90 Å². The predicted octanol–water partition coefficient (Wildman–Crippen LogP) is 1.76. The van der Waals surface area contributed by atoms with Crippen LogP contribution in [-0.4, -0.2) is 72.4 Å². The number of hydrogen-bond donors (Lipinski definition) is 1. The fourth-order valence-electron chi connectivity index (χ4n) is 2.81. The zero-order chi connectivity index (χ0) is 17.5. The third-order valence-electron chi connectivity index (χ3n) is 4.04. The van der Waals surface area contributed by atoms with E-state index >= 15 is 0 Å². The Kier molecular flexibility index (Phi) is 7.15. The van der Waals surface area contributed by atoms with Gasteiger partial charge in [-0.15, -0.1) is 0 Å². The zero-order valence-electron chi connectivity index (χ0n) is 14.4. The molecule has 1 heterocycles. The van der Waals surface area contributed by atoms with E-state index in [1.54, 1.807) is 17.0 Å². The van der Waals surface area contributed by atoms with E-state index in [0.29, 0.717) is 38.3 Å². The van der Waals surface area contributed by atoms with Gasteiger partial charge in [0.2, 0.25) is 0 Å². The topological polar surface area (TPSA) is 53.0 Å². The summed E-state index contributed by atoms with van der Waals surface area (Å²) in [5, 5.41) is 10.0. The maximum Gasteiger partial charge on any atom is 0.254 e. The third kappa shape index (κ3) is 5.85. The van der Waals surface area contributed by atoms with E-state index in [4.69, 9.17) is 4.74 Å². The molecule has 0 saturated carbocycles. The Morgan fingerprint density at radius 2 is 2.08 bits per heavy atom. The highest BCUT2D eigenvalue weighted by Gasteiger charge is 2.22. The van der Waals surface area contributed by atoms with E-state index < -0.39 is 11.9 Å². The molecule has 1 N–H and O–H groups in total. The molecule has 24 heavy (non-hydrogen) atoms. The fraction of sp³-hybridized carbons (Fsp3) is 0.611. The van der Waals surface area contributed by atoms with Gasteiger partial charge < -0.3 is 14.7 Å². The van der Waals surface area contributed by atoms with E-state index in [1.165, 1.54) is 12.1 Å². The summed E-state index contributed by atoms with van der Waals surface area (Å²) in [7, 11) is 0. The quantitative estimate of drug-likeness (QED) is 0.859. The molecule has 134 valence electrons. The lowest BCUT2D eigenvalue weighted by Gasteiger charge is -2.24. The van der Waals surface area contributed by atoms with Gasteiger partial charge in [-0.3, -0.25) is 9.69 Å². The summed E-state index contributed by atoms with van der Waals surface area (Å²) in [6.45, 7) is 7.47. The second-order valence-corrected chi connectivity index (χ2v) is 6.49. The van der Waals surface area contributed by atoms with Crippen molar-refractivity contribution in [1.82, 2.24) is 9.80 Å². The van der Waals surface area contributed by atoms with Crippen LogP contribution in [0, 0.1) is 5.82 Å². The first kappa shape index (κ1) is 18.8. The first-order valence-electron chi connectivity index (χ1n) is 8.52. The number of β-amino-alcohol motifs (C(OH)–C–C–N with tert-alkyl or cyclic N) is 1. The summed E-state index contributed by atoms with van der Waals surface area (Å²) in [6.07, 6.45) is 0.403. The molecule has 1 aromatic rings. The molecule has 1 amide bonds. The molecule has 0 aromatic heterocycles. The van der Waals surface area contributed by atoms with Crippen molar-refractivity contribution in [3.8, 4) is 0 Å². The summed E-state index contributed by atoms with van der Waals surface area (Å²) < 4.78 is 18.7. The molecule has 1 aliphatic rings. The summed E-state index contributed by atoms with van der Waals surface area (Å²) in [5.41, 5.74) is 0.383. The highest BCUT2D eigenvalue weighted by atomic mass is 19.1. The van der Waals surface area contributed by atoms with Gasteiger partial charge in [-0.1, -0.05) is 6.07 Å². The second-order valence-electron chi connectivity index (χ2n) is 6.49. The van der Waals surface area contributed by atoms with E-state index in [1.807, 2.05) is 13.8 Å². The number of amides is 1. The van der Waals surface area contributed by atoms with E-state index in [-0.39, 0.29) is 12.0 Å². The molecule has 1 fully saturated rings. The number of halogens is 1. The van der Waals surface area contributed by atoms with Crippen LogP contribution in [0.15, 0.2) is 24.3 Å². The van der Waals surface area contributed by atoms with Crippen LogP contribution in [-0.2, 0) is 4.74 Å².